The van der Waals surface area contributed by atoms with Crippen LogP contribution < -0.4 is 5.32 Å². The lowest BCUT2D eigenvalue weighted by Gasteiger charge is -2.19. The van der Waals surface area contributed by atoms with Crippen molar-refractivity contribution in [3.8, 4) is 11.4 Å². The van der Waals surface area contributed by atoms with Gasteiger partial charge in [-0.3, -0.25) is 0 Å². The summed E-state index contributed by atoms with van der Waals surface area (Å²) in [5.41, 5.74) is 0.714. The summed E-state index contributed by atoms with van der Waals surface area (Å²) < 4.78 is 36.6. The molecule has 0 bridgehead atoms. The molecular formula is C19H27N5O4S2. The van der Waals surface area contributed by atoms with Crippen LogP contribution in [-0.2, 0) is 21.8 Å². The summed E-state index contributed by atoms with van der Waals surface area (Å²) in [6.07, 6.45) is 6.24. The normalized spacial score (nSPS) is 11.7. The number of unbranched alkanes of at least 4 members (excludes halogenated alkanes) is 1. The smallest absolute Gasteiger partial charge is 0.339 e. The van der Waals surface area contributed by atoms with Crippen molar-refractivity contribution < 1.29 is 17.9 Å². The lowest BCUT2D eigenvalue weighted by Crippen LogP contribution is -2.15. The Bertz CT molecular complexity index is 1050. The van der Waals surface area contributed by atoms with Crippen LogP contribution in [0.25, 0.3) is 11.4 Å². The number of sulfonamides is 1. The summed E-state index contributed by atoms with van der Waals surface area (Å²) in [6.45, 7) is 2.60. The van der Waals surface area contributed by atoms with Gasteiger partial charge in [-0.2, -0.15) is 8.42 Å². The van der Waals surface area contributed by atoms with Gasteiger partial charge in [-0.1, -0.05) is 13.3 Å². The van der Waals surface area contributed by atoms with Crippen molar-refractivity contribution in [2.24, 2.45) is 11.4 Å². The second-order valence-electron chi connectivity index (χ2n) is 6.81. The fraction of sp³-hybridized carbons (Fsp3) is 0.421. The number of nitrogens with one attached hydrogen (secondary N) is 1. The number of carbonyl (C=O) groups is 1. The summed E-state index contributed by atoms with van der Waals surface area (Å²) in [7, 11) is 2.13. The number of aromatic nitrogens is 2. The van der Waals surface area contributed by atoms with Crippen LogP contribution in [0.15, 0.2) is 32.6 Å². The van der Waals surface area contributed by atoms with Crippen LogP contribution in [0.4, 0.5) is 5.69 Å². The largest absolute Gasteiger partial charge is 0.465 e. The Labute approximate surface area is 182 Å². The van der Waals surface area contributed by atoms with E-state index in [2.05, 4.69) is 27.3 Å². The van der Waals surface area contributed by atoms with Gasteiger partial charge in [-0.05, 0) is 12.5 Å². The van der Waals surface area contributed by atoms with Crippen molar-refractivity contribution in [3.63, 3.8) is 0 Å². The average molecular weight is 454 g/mol. The summed E-state index contributed by atoms with van der Waals surface area (Å²) in [5, 5.41) is 3.23. The van der Waals surface area contributed by atoms with Gasteiger partial charge in [0, 0.05) is 45.0 Å². The summed E-state index contributed by atoms with van der Waals surface area (Å²) in [4.78, 5) is 18.3. The topological polar surface area (TPSA) is 106 Å². The molecule has 0 fully saturated rings. The molecule has 0 unspecified atom stereocenters. The van der Waals surface area contributed by atoms with E-state index < -0.39 is 16.0 Å². The van der Waals surface area contributed by atoms with Gasteiger partial charge in [0.1, 0.15) is 17.1 Å². The van der Waals surface area contributed by atoms with E-state index in [9.17, 15) is 13.2 Å². The Morgan fingerprint density at radius 1 is 1.43 bits per heavy atom. The standard InChI is InChI=1S/C19H27N5O4S2/c1-6-7-8-20-16-15(18-21-9-10-24(18)4)14(30(26,27)22-12-23(2)3)11-13(17(16)29)19(25)28-5/h9-12,20,29H,6-8H2,1-5H3/b22-12+. The van der Waals surface area contributed by atoms with E-state index >= 15 is 0 Å². The maximum absolute atomic E-state index is 13.2. The number of imidazole rings is 1. The minimum atomic E-state index is -4.17. The highest BCUT2D eigenvalue weighted by atomic mass is 32.2. The molecule has 0 aliphatic heterocycles. The van der Waals surface area contributed by atoms with Crippen LogP contribution in [0.5, 0.6) is 0 Å². The van der Waals surface area contributed by atoms with Crippen molar-refractivity contribution in [1.82, 2.24) is 14.5 Å². The average Bonchev–Trinajstić information content (AvgIpc) is 3.12. The second-order valence-corrected chi connectivity index (χ2v) is 8.86. The molecule has 1 N–H and O–H groups in total. The van der Waals surface area contributed by atoms with E-state index in [1.165, 1.54) is 24.4 Å². The van der Waals surface area contributed by atoms with Crippen LogP contribution >= 0.6 is 12.6 Å². The third kappa shape index (κ3) is 5.14. The summed E-state index contributed by atoms with van der Waals surface area (Å²) in [5.74, 6) is -0.294. The molecule has 1 aromatic carbocycles. The van der Waals surface area contributed by atoms with Gasteiger partial charge in [0.2, 0.25) is 0 Å². The van der Waals surface area contributed by atoms with Crippen molar-refractivity contribution in [2.75, 3.05) is 33.1 Å². The van der Waals surface area contributed by atoms with Gasteiger partial charge in [0.25, 0.3) is 10.0 Å². The van der Waals surface area contributed by atoms with Gasteiger partial charge in [0.05, 0.1) is 23.9 Å². The van der Waals surface area contributed by atoms with Crippen LogP contribution in [0.1, 0.15) is 30.1 Å². The molecule has 0 amide bonds. The zero-order valence-electron chi connectivity index (χ0n) is 17.7. The summed E-state index contributed by atoms with van der Waals surface area (Å²) >= 11 is 4.53. The maximum Gasteiger partial charge on any atom is 0.339 e. The van der Waals surface area contributed by atoms with Crippen LogP contribution in [-0.4, -0.2) is 62.9 Å². The molecule has 30 heavy (non-hydrogen) atoms. The SMILES string of the molecule is CCCCNc1c(S)c(C(=O)OC)cc(S(=O)(=O)/N=C/N(C)C)c1-c1nccn1C. The van der Waals surface area contributed by atoms with Gasteiger partial charge >= 0.3 is 5.97 Å². The lowest BCUT2D eigenvalue weighted by molar-refractivity contribution is 0.0596. The molecule has 0 spiro atoms. The van der Waals surface area contributed by atoms with Crippen LogP contribution in [0, 0.1) is 0 Å². The minimum absolute atomic E-state index is 0.0245. The number of thiol groups is 1. The molecule has 2 aromatic rings. The summed E-state index contributed by atoms with van der Waals surface area (Å²) in [6, 6.07) is 1.24. The Balaban J connectivity index is 2.91. The molecule has 0 saturated heterocycles. The Morgan fingerprint density at radius 3 is 2.67 bits per heavy atom. The zero-order chi connectivity index (χ0) is 22.5. The van der Waals surface area contributed by atoms with Gasteiger partial charge in [-0.25, -0.2) is 9.78 Å². The van der Waals surface area contributed by atoms with Crippen molar-refractivity contribution in [3.05, 3.63) is 24.0 Å². The molecule has 0 saturated carbocycles. The number of aryl methyl sites for hydroxylation is 1. The highest BCUT2D eigenvalue weighted by Crippen LogP contribution is 2.41. The maximum atomic E-state index is 13.2. The number of benzene rings is 1. The third-order valence-electron chi connectivity index (χ3n) is 4.24. The van der Waals surface area contributed by atoms with E-state index in [-0.39, 0.29) is 15.4 Å². The number of methoxy groups -OCH3 is 1. The fourth-order valence-corrected chi connectivity index (χ4v) is 4.21. The Kier molecular flexibility index (Phi) is 7.90. The molecule has 9 nitrogen and oxygen atoms in total. The number of carbonyl (C=O) groups excluding carboxylic acids is 1. The number of anilines is 1. The highest BCUT2D eigenvalue weighted by Gasteiger charge is 2.29. The van der Waals surface area contributed by atoms with Crippen LogP contribution in [0.3, 0.4) is 0 Å². The lowest BCUT2D eigenvalue weighted by atomic mass is 10.1. The molecule has 0 atom stereocenters. The number of ether oxygens (including phenoxy) is 1. The third-order valence-corrected chi connectivity index (χ3v) is 5.95. The van der Waals surface area contributed by atoms with E-state index in [0.29, 0.717) is 23.6 Å². The first-order valence-corrected chi connectivity index (χ1v) is 11.2. The van der Waals surface area contributed by atoms with E-state index in [1.54, 1.807) is 38.1 Å². The van der Waals surface area contributed by atoms with E-state index in [1.807, 2.05) is 6.92 Å². The van der Waals surface area contributed by atoms with Crippen molar-refractivity contribution >= 4 is 40.6 Å². The number of esters is 1. The van der Waals surface area contributed by atoms with Gasteiger partial charge < -0.3 is 19.5 Å². The number of hydrogen-bond donors (Lipinski definition) is 2. The first kappa shape index (κ1) is 23.7. The number of nitrogens with zero attached hydrogens (tertiary/aromatic N) is 4. The van der Waals surface area contributed by atoms with Crippen molar-refractivity contribution in [2.45, 2.75) is 29.6 Å². The highest BCUT2D eigenvalue weighted by molar-refractivity contribution is 7.90. The Hall–Kier alpha value is -2.53. The molecule has 0 radical (unpaired) electrons. The molecule has 0 aliphatic rings. The van der Waals surface area contributed by atoms with Crippen LogP contribution in [0.2, 0.25) is 0 Å². The quantitative estimate of drug-likeness (QED) is 0.198. The second kappa shape index (κ2) is 9.98. The zero-order valence-corrected chi connectivity index (χ0v) is 19.4. The monoisotopic (exact) mass is 453 g/mol. The van der Waals surface area contributed by atoms with E-state index in [0.717, 1.165) is 12.8 Å². The first-order valence-electron chi connectivity index (χ1n) is 9.30. The minimum Gasteiger partial charge on any atom is -0.465 e. The molecule has 164 valence electrons. The van der Waals surface area contributed by atoms with Gasteiger partial charge in [-0.15, -0.1) is 17.0 Å². The molecule has 0 aliphatic carbocycles. The molecule has 1 heterocycles. The van der Waals surface area contributed by atoms with Crippen molar-refractivity contribution in [1.29, 1.82) is 0 Å². The number of rotatable bonds is 9. The fourth-order valence-electron chi connectivity index (χ4n) is 2.72. The molecular weight excluding hydrogens is 426 g/mol. The predicted octanol–water partition coefficient (Wildman–Crippen LogP) is 2.65. The number of hydrogen-bond acceptors (Lipinski definition) is 7. The Morgan fingerprint density at radius 2 is 2.13 bits per heavy atom. The predicted molar refractivity (Wildman–Crippen MR) is 120 cm³/mol. The van der Waals surface area contributed by atoms with Gasteiger partial charge in [0.15, 0.2) is 0 Å². The molecule has 2 rings (SSSR count). The van der Waals surface area contributed by atoms with E-state index in [4.69, 9.17) is 4.74 Å². The molecule has 11 heteroatoms. The molecule has 1 aromatic heterocycles. The first-order chi connectivity index (χ1) is 14.1.